The summed E-state index contributed by atoms with van der Waals surface area (Å²) in [6, 6.07) is 0.301. The maximum atomic E-state index is 11.3. The van der Waals surface area contributed by atoms with Gasteiger partial charge in [0, 0.05) is 17.8 Å². The molecule has 0 radical (unpaired) electrons. The van der Waals surface area contributed by atoms with E-state index in [4.69, 9.17) is 0 Å². The zero-order valence-electron chi connectivity index (χ0n) is 12.3. The first kappa shape index (κ1) is 15.2. The average molecular weight is 298 g/mol. The van der Waals surface area contributed by atoms with Crippen LogP contribution < -0.4 is 5.32 Å². The van der Waals surface area contributed by atoms with Gasteiger partial charge in [-0.3, -0.25) is 10.1 Å². The Morgan fingerprint density at radius 1 is 1.55 bits per heavy atom. The van der Waals surface area contributed by atoms with Gasteiger partial charge in [-0.25, -0.2) is 4.68 Å². The number of anilines is 1. The Bertz CT molecular complexity index is 489. The SMILES string of the molecule is CCCn1nc(C)c([N+](=O)[O-])c1NC1CCCC1SC. The van der Waals surface area contributed by atoms with Crippen molar-refractivity contribution in [2.45, 2.75) is 57.4 Å². The Labute approximate surface area is 123 Å². The summed E-state index contributed by atoms with van der Waals surface area (Å²) in [5, 5.41) is 19.5. The predicted molar refractivity (Wildman–Crippen MR) is 82.5 cm³/mol. The molecule has 1 N–H and O–H groups in total. The molecule has 0 aliphatic heterocycles. The van der Waals surface area contributed by atoms with Crippen LogP contribution in [0.2, 0.25) is 0 Å². The highest BCUT2D eigenvalue weighted by molar-refractivity contribution is 7.99. The number of aromatic nitrogens is 2. The molecule has 2 rings (SSSR count). The third-order valence-electron chi connectivity index (χ3n) is 3.79. The maximum absolute atomic E-state index is 11.3. The van der Waals surface area contributed by atoms with Gasteiger partial charge in [0.25, 0.3) is 0 Å². The Kier molecular flexibility index (Phi) is 4.91. The molecule has 1 fully saturated rings. The number of hydrogen-bond acceptors (Lipinski definition) is 5. The molecular weight excluding hydrogens is 276 g/mol. The standard InChI is InChI=1S/C13H22N4O2S/c1-4-8-16-13(12(17(18)19)9(2)15-16)14-10-6-5-7-11(10)20-3/h10-11,14H,4-8H2,1-3H3. The third kappa shape index (κ3) is 2.92. The van der Waals surface area contributed by atoms with Gasteiger partial charge in [0.1, 0.15) is 5.69 Å². The molecule has 0 aromatic carbocycles. The number of nitrogens with one attached hydrogen (secondary N) is 1. The van der Waals surface area contributed by atoms with Gasteiger partial charge in [-0.2, -0.15) is 16.9 Å². The van der Waals surface area contributed by atoms with E-state index in [0.717, 1.165) is 12.8 Å². The Morgan fingerprint density at radius 2 is 2.30 bits per heavy atom. The van der Waals surface area contributed by atoms with Crippen LogP contribution in [0.5, 0.6) is 0 Å². The van der Waals surface area contributed by atoms with Crippen LogP contribution in [0.1, 0.15) is 38.3 Å². The van der Waals surface area contributed by atoms with Gasteiger partial charge in [0.05, 0.1) is 4.92 Å². The summed E-state index contributed by atoms with van der Waals surface area (Å²) in [4.78, 5) is 11.0. The summed E-state index contributed by atoms with van der Waals surface area (Å²) >= 11 is 1.84. The molecule has 6 nitrogen and oxygen atoms in total. The van der Waals surface area contributed by atoms with E-state index in [-0.39, 0.29) is 10.6 Å². The second-order valence-electron chi connectivity index (χ2n) is 5.22. The first-order chi connectivity index (χ1) is 9.58. The fourth-order valence-electron chi connectivity index (χ4n) is 2.86. The topological polar surface area (TPSA) is 73.0 Å². The lowest BCUT2D eigenvalue weighted by atomic mass is 10.2. The molecule has 0 amide bonds. The lowest BCUT2D eigenvalue weighted by Gasteiger charge is -2.20. The quantitative estimate of drug-likeness (QED) is 0.645. The minimum atomic E-state index is -0.320. The Hall–Kier alpha value is -1.24. The summed E-state index contributed by atoms with van der Waals surface area (Å²) in [7, 11) is 0. The minimum Gasteiger partial charge on any atom is -0.361 e. The number of rotatable bonds is 6. The van der Waals surface area contributed by atoms with Crippen LogP contribution in [-0.4, -0.2) is 32.3 Å². The van der Waals surface area contributed by atoms with Crippen LogP contribution in [0, 0.1) is 17.0 Å². The number of nitro groups is 1. The van der Waals surface area contributed by atoms with Gasteiger partial charge in [0.15, 0.2) is 0 Å². The van der Waals surface area contributed by atoms with Crippen LogP contribution in [-0.2, 0) is 6.54 Å². The van der Waals surface area contributed by atoms with Crippen molar-refractivity contribution in [1.82, 2.24) is 9.78 Å². The van der Waals surface area contributed by atoms with E-state index in [9.17, 15) is 10.1 Å². The van der Waals surface area contributed by atoms with Crippen molar-refractivity contribution < 1.29 is 4.92 Å². The molecule has 0 spiro atoms. The first-order valence-electron chi connectivity index (χ1n) is 7.09. The Balaban J connectivity index is 2.30. The molecule has 0 saturated heterocycles. The molecule has 1 aliphatic rings. The number of aryl methyl sites for hydroxylation is 2. The smallest absolute Gasteiger partial charge is 0.333 e. The molecule has 0 bridgehead atoms. The first-order valence-corrected chi connectivity index (χ1v) is 8.38. The van der Waals surface area contributed by atoms with E-state index in [1.807, 2.05) is 18.7 Å². The van der Waals surface area contributed by atoms with Gasteiger partial charge in [0.2, 0.25) is 5.82 Å². The fraction of sp³-hybridized carbons (Fsp3) is 0.769. The molecule has 1 aromatic rings. The van der Waals surface area contributed by atoms with Crippen LogP contribution in [0.25, 0.3) is 0 Å². The highest BCUT2D eigenvalue weighted by Gasteiger charge is 2.32. The van der Waals surface area contributed by atoms with Crippen LogP contribution in [0.3, 0.4) is 0 Å². The van der Waals surface area contributed by atoms with Crippen molar-refractivity contribution in [2.24, 2.45) is 0 Å². The molecule has 20 heavy (non-hydrogen) atoms. The number of thioether (sulfide) groups is 1. The largest absolute Gasteiger partial charge is 0.361 e. The van der Waals surface area contributed by atoms with Crippen molar-refractivity contribution in [2.75, 3.05) is 11.6 Å². The second kappa shape index (κ2) is 6.47. The lowest BCUT2D eigenvalue weighted by Crippen LogP contribution is -2.27. The van der Waals surface area contributed by atoms with E-state index < -0.39 is 0 Å². The fourth-order valence-corrected chi connectivity index (χ4v) is 3.79. The van der Waals surface area contributed by atoms with Gasteiger partial charge in [-0.05, 0) is 32.4 Å². The number of nitrogens with zero attached hydrogens (tertiary/aromatic N) is 3. The molecular formula is C13H22N4O2S. The van der Waals surface area contributed by atoms with E-state index in [1.54, 1.807) is 11.6 Å². The molecule has 1 heterocycles. The van der Waals surface area contributed by atoms with Gasteiger partial charge < -0.3 is 5.32 Å². The zero-order chi connectivity index (χ0) is 14.7. The van der Waals surface area contributed by atoms with Crippen LogP contribution >= 0.6 is 11.8 Å². The summed E-state index contributed by atoms with van der Waals surface area (Å²) < 4.78 is 1.75. The van der Waals surface area contributed by atoms with E-state index >= 15 is 0 Å². The predicted octanol–water partition coefficient (Wildman–Crippen LogP) is 3.21. The summed E-state index contributed by atoms with van der Waals surface area (Å²) in [6.45, 7) is 4.46. The van der Waals surface area contributed by atoms with E-state index in [2.05, 4.69) is 16.7 Å². The molecule has 2 unspecified atom stereocenters. The maximum Gasteiger partial charge on any atom is 0.333 e. The monoisotopic (exact) mass is 298 g/mol. The highest BCUT2D eigenvalue weighted by atomic mass is 32.2. The summed E-state index contributed by atoms with van der Waals surface area (Å²) in [5.74, 6) is 0.584. The van der Waals surface area contributed by atoms with Crippen molar-refractivity contribution >= 4 is 23.3 Å². The van der Waals surface area contributed by atoms with Gasteiger partial charge in [-0.15, -0.1) is 0 Å². The van der Waals surface area contributed by atoms with E-state index in [0.29, 0.717) is 29.3 Å². The van der Waals surface area contributed by atoms with Crippen molar-refractivity contribution in [3.05, 3.63) is 15.8 Å². The molecule has 2 atom stereocenters. The number of hydrogen-bond donors (Lipinski definition) is 1. The normalized spacial score (nSPS) is 22.1. The van der Waals surface area contributed by atoms with Crippen LogP contribution in [0.15, 0.2) is 0 Å². The van der Waals surface area contributed by atoms with Crippen molar-refractivity contribution in [1.29, 1.82) is 0 Å². The van der Waals surface area contributed by atoms with E-state index in [1.165, 1.54) is 12.8 Å². The van der Waals surface area contributed by atoms with Crippen LogP contribution in [0.4, 0.5) is 11.5 Å². The lowest BCUT2D eigenvalue weighted by molar-refractivity contribution is -0.384. The molecule has 1 aliphatic carbocycles. The van der Waals surface area contributed by atoms with Gasteiger partial charge >= 0.3 is 5.69 Å². The van der Waals surface area contributed by atoms with Crippen molar-refractivity contribution in [3.63, 3.8) is 0 Å². The van der Waals surface area contributed by atoms with Gasteiger partial charge in [-0.1, -0.05) is 13.3 Å². The zero-order valence-corrected chi connectivity index (χ0v) is 13.1. The Morgan fingerprint density at radius 3 is 2.90 bits per heavy atom. The summed E-state index contributed by atoms with van der Waals surface area (Å²) in [5.41, 5.74) is 0.620. The average Bonchev–Trinajstić information content (AvgIpc) is 2.95. The third-order valence-corrected chi connectivity index (χ3v) is 4.96. The molecule has 1 saturated carbocycles. The highest BCUT2D eigenvalue weighted by Crippen LogP contribution is 2.35. The minimum absolute atomic E-state index is 0.130. The van der Waals surface area contributed by atoms with Crippen molar-refractivity contribution in [3.8, 4) is 0 Å². The second-order valence-corrected chi connectivity index (χ2v) is 6.30. The molecule has 1 aromatic heterocycles. The summed E-state index contributed by atoms with van der Waals surface area (Å²) in [6.07, 6.45) is 6.43. The molecule has 112 valence electrons. The molecule has 7 heteroatoms.